The van der Waals surface area contributed by atoms with Crippen LogP contribution in [0.5, 0.6) is 11.8 Å². The summed E-state index contributed by atoms with van der Waals surface area (Å²) >= 11 is 6.58. The summed E-state index contributed by atoms with van der Waals surface area (Å²) in [5, 5.41) is 0.617. The molecule has 3 N–H and O–H groups in total. The highest BCUT2D eigenvalue weighted by Crippen LogP contribution is 2.34. The number of rotatable bonds is 5. The van der Waals surface area contributed by atoms with Gasteiger partial charge in [0, 0.05) is 11.1 Å². The van der Waals surface area contributed by atoms with Crippen LogP contribution < -0.4 is 10.5 Å². The molecule has 0 aliphatic rings. The van der Waals surface area contributed by atoms with Crippen molar-refractivity contribution < 1.29 is 9.53 Å². The molecule has 0 unspecified atom stereocenters. The Kier molecular flexibility index (Phi) is 5.09. The van der Waals surface area contributed by atoms with Crippen molar-refractivity contribution in [3.05, 3.63) is 102 Å². The van der Waals surface area contributed by atoms with Gasteiger partial charge in [-0.1, -0.05) is 66.2 Å². The number of amides is 1. The Labute approximate surface area is 189 Å². The number of hydrogen-bond donors (Lipinski definition) is 2. The van der Waals surface area contributed by atoms with Crippen molar-refractivity contribution in [3.63, 3.8) is 0 Å². The van der Waals surface area contributed by atoms with Gasteiger partial charge in [-0.25, -0.2) is 0 Å². The molecule has 6 heteroatoms. The molecule has 0 aliphatic heterocycles. The van der Waals surface area contributed by atoms with Gasteiger partial charge in [-0.2, -0.15) is 4.98 Å². The summed E-state index contributed by atoms with van der Waals surface area (Å²) in [5.41, 5.74) is 11.4. The molecular formula is C26H18ClN3O2. The van der Waals surface area contributed by atoms with Crippen LogP contribution in [-0.4, -0.2) is 15.9 Å². The van der Waals surface area contributed by atoms with Gasteiger partial charge in [0.1, 0.15) is 5.75 Å². The number of primary amides is 1. The highest BCUT2D eigenvalue weighted by molar-refractivity contribution is 6.34. The normalized spacial score (nSPS) is 10.9. The number of aromatic amines is 1. The van der Waals surface area contributed by atoms with Crippen LogP contribution in [0.1, 0.15) is 10.4 Å². The lowest BCUT2D eigenvalue weighted by atomic mass is 10.00. The Morgan fingerprint density at radius 2 is 1.50 bits per heavy atom. The highest BCUT2D eigenvalue weighted by Gasteiger charge is 2.11. The molecule has 1 aromatic heterocycles. The van der Waals surface area contributed by atoms with Crippen molar-refractivity contribution in [3.8, 4) is 34.0 Å². The van der Waals surface area contributed by atoms with E-state index in [9.17, 15) is 4.79 Å². The largest absolute Gasteiger partial charge is 0.426 e. The molecule has 32 heavy (non-hydrogen) atoms. The monoisotopic (exact) mass is 439 g/mol. The van der Waals surface area contributed by atoms with Crippen molar-refractivity contribution in [1.29, 1.82) is 0 Å². The minimum absolute atomic E-state index is 0.333. The first-order chi connectivity index (χ1) is 15.6. The summed E-state index contributed by atoms with van der Waals surface area (Å²) in [6, 6.07) is 29.2. The van der Waals surface area contributed by atoms with E-state index in [0.717, 1.165) is 27.7 Å². The van der Waals surface area contributed by atoms with Gasteiger partial charge in [-0.3, -0.25) is 4.79 Å². The Morgan fingerprint density at radius 1 is 0.844 bits per heavy atom. The van der Waals surface area contributed by atoms with Crippen molar-refractivity contribution in [1.82, 2.24) is 9.97 Å². The van der Waals surface area contributed by atoms with Crippen molar-refractivity contribution in [2.75, 3.05) is 0 Å². The standard InChI is InChI=1S/C26H18ClN3O2/c27-22-15-24-23(29-26(30-24)32-20-12-10-19(11-13-20)25(28)31)14-21(22)18-8-6-17(7-9-18)16-4-2-1-3-5-16/h1-15H,(H2,28,31)(H,29,30). The van der Waals surface area contributed by atoms with Gasteiger partial charge in [-0.05, 0) is 53.1 Å². The zero-order chi connectivity index (χ0) is 22.1. The van der Waals surface area contributed by atoms with Gasteiger partial charge in [0.25, 0.3) is 6.01 Å². The van der Waals surface area contributed by atoms with E-state index in [0.29, 0.717) is 22.3 Å². The lowest BCUT2D eigenvalue weighted by Gasteiger charge is -2.07. The molecule has 0 radical (unpaired) electrons. The molecule has 0 saturated heterocycles. The van der Waals surface area contributed by atoms with Gasteiger partial charge in [-0.15, -0.1) is 0 Å². The number of hydrogen-bond acceptors (Lipinski definition) is 3. The zero-order valence-electron chi connectivity index (χ0n) is 16.9. The van der Waals surface area contributed by atoms with Gasteiger partial charge in [0.05, 0.1) is 16.1 Å². The average molecular weight is 440 g/mol. The molecule has 1 amide bonds. The molecule has 1 heterocycles. The topological polar surface area (TPSA) is 81.0 Å². The van der Waals surface area contributed by atoms with Crippen molar-refractivity contribution in [2.24, 2.45) is 5.73 Å². The second kappa shape index (κ2) is 8.21. The number of ether oxygens (including phenoxy) is 1. The number of nitrogens with two attached hydrogens (primary N) is 1. The fourth-order valence-electron chi connectivity index (χ4n) is 3.55. The number of carbonyl (C=O) groups is 1. The highest BCUT2D eigenvalue weighted by atomic mass is 35.5. The maximum Gasteiger partial charge on any atom is 0.300 e. The molecule has 5 rings (SSSR count). The number of fused-ring (bicyclic) bond motifs is 1. The number of imidazole rings is 1. The summed E-state index contributed by atoms with van der Waals surface area (Å²) < 4.78 is 5.79. The molecular weight excluding hydrogens is 422 g/mol. The van der Waals surface area contributed by atoms with E-state index >= 15 is 0 Å². The summed E-state index contributed by atoms with van der Waals surface area (Å²) in [7, 11) is 0. The van der Waals surface area contributed by atoms with E-state index in [1.54, 1.807) is 24.3 Å². The number of carbonyl (C=O) groups excluding carboxylic acids is 1. The maximum absolute atomic E-state index is 11.2. The van der Waals surface area contributed by atoms with Gasteiger partial charge >= 0.3 is 0 Å². The Bertz CT molecular complexity index is 1410. The smallest absolute Gasteiger partial charge is 0.300 e. The average Bonchev–Trinajstić information content (AvgIpc) is 3.20. The van der Waals surface area contributed by atoms with Crippen LogP contribution >= 0.6 is 11.6 Å². The fourth-order valence-corrected chi connectivity index (χ4v) is 3.82. The number of nitrogens with zero attached hydrogens (tertiary/aromatic N) is 1. The Hall–Kier alpha value is -4.09. The third kappa shape index (κ3) is 3.94. The van der Waals surface area contributed by atoms with E-state index in [2.05, 4.69) is 46.4 Å². The molecule has 5 aromatic rings. The first-order valence-corrected chi connectivity index (χ1v) is 10.4. The minimum Gasteiger partial charge on any atom is -0.426 e. The van der Waals surface area contributed by atoms with Gasteiger partial charge < -0.3 is 15.5 Å². The molecule has 0 spiro atoms. The molecule has 0 bridgehead atoms. The molecule has 5 nitrogen and oxygen atoms in total. The second-order valence-electron chi connectivity index (χ2n) is 7.33. The minimum atomic E-state index is -0.487. The van der Waals surface area contributed by atoms with Crippen molar-refractivity contribution >= 4 is 28.5 Å². The van der Waals surface area contributed by atoms with E-state index in [1.165, 1.54) is 5.56 Å². The SMILES string of the molecule is NC(=O)c1ccc(Oc2nc3cc(-c4ccc(-c5ccccc5)cc4)c(Cl)cc3[nH]2)cc1. The van der Waals surface area contributed by atoms with E-state index in [1.807, 2.05) is 30.3 Å². The van der Waals surface area contributed by atoms with Crippen molar-refractivity contribution in [2.45, 2.75) is 0 Å². The maximum atomic E-state index is 11.2. The molecule has 0 atom stereocenters. The van der Waals surface area contributed by atoms with Crippen LogP contribution in [0.2, 0.25) is 5.02 Å². The van der Waals surface area contributed by atoms with Crippen LogP contribution in [0.25, 0.3) is 33.3 Å². The third-order valence-corrected chi connectivity index (χ3v) is 5.52. The van der Waals surface area contributed by atoms with Crippen LogP contribution in [0, 0.1) is 0 Å². The number of H-pyrrole nitrogens is 1. The van der Waals surface area contributed by atoms with E-state index in [-0.39, 0.29) is 0 Å². The molecule has 0 saturated carbocycles. The predicted octanol–water partition coefficient (Wildman–Crippen LogP) is 6.44. The number of halogens is 1. The predicted molar refractivity (Wildman–Crippen MR) is 127 cm³/mol. The lowest BCUT2D eigenvalue weighted by Crippen LogP contribution is -2.10. The van der Waals surface area contributed by atoms with Gasteiger partial charge in [0.15, 0.2) is 0 Å². The number of benzene rings is 4. The summed E-state index contributed by atoms with van der Waals surface area (Å²) in [4.78, 5) is 18.9. The molecule has 156 valence electrons. The summed E-state index contributed by atoms with van der Waals surface area (Å²) in [6.07, 6.45) is 0. The number of nitrogens with one attached hydrogen (secondary N) is 1. The Balaban J connectivity index is 1.43. The van der Waals surface area contributed by atoms with Crippen LogP contribution in [-0.2, 0) is 0 Å². The third-order valence-electron chi connectivity index (χ3n) is 5.21. The van der Waals surface area contributed by atoms with Crippen LogP contribution in [0.4, 0.5) is 0 Å². The van der Waals surface area contributed by atoms with E-state index in [4.69, 9.17) is 22.1 Å². The zero-order valence-corrected chi connectivity index (χ0v) is 17.6. The first kappa shape index (κ1) is 19.8. The molecule has 4 aromatic carbocycles. The van der Waals surface area contributed by atoms with Crippen LogP contribution in [0.15, 0.2) is 91.0 Å². The second-order valence-corrected chi connectivity index (χ2v) is 7.73. The summed E-state index contributed by atoms with van der Waals surface area (Å²) in [6.45, 7) is 0. The Morgan fingerprint density at radius 3 is 2.19 bits per heavy atom. The first-order valence-electron chi connectivity index (χ1n) is 10.00. The van der Waals surface area contributed by atoms with Crippen LogP contribution in [0.3, 0.4) is 0 Å². The lowest BCUT2D eigenvalue weighted by molar-refractivity contribution is 0.100. The number of aromatic nitrogens is 2. The quantitative estimate of drug-likeness (QED) is 0.330. The molecule has 0 fully saturated rings. The summed E-state index contributed by atoms with van der Waals surface area (Å²) in [5.74, 6) is 0.0520. The fraction of sp³-hybridized carbons (Fsp3) is 0. The molecule has 0 aliphatic carbocycles. The van der Waals surface area contributed by atoms with Gasteiger partial charge in [0.2, 0.25) is 5.91 Å². The van der Waals surface area contributed by atoms with E-state index < -0.39 is 5.91 Å².